The van der Waals surface area contributed by atoms with E-state index in [9.17, 15) is 19.7 Å². The van der Waals surface area contributed by atoms with E-state index in [-0.39, 0.29) is 43.1 Å². The highest BCUT2D eigenvalue weighted by Crippen LogP contribution is 2.24. The number of benzene rings is 1. The predicted octanol–water partition coefficient (Wildman–Crippen LogP) is 1.78. The average molecular weight is 335 g/mol. The van der Waals surface area contributed by atoms with Crippen LogP contribution >= 0.6 is 0 Å². The molecule has 2 N–H and O–H groups in total. The normalized spacial score (nSPS) is 16.6. The van der Waals surface area contributed by atoms with Gasteiger partial charge in [-0.3, -0.25) is 19.7 Å². The molecule has 8 nitrogen and oxygen atoms in total. The van der Waals surface area contributed by atoms with Crippen LogP contribution in [0.2, 0.25) is 0 Å². The van der Waals surface area contributed by atoms with E-state index >= 15 is 0 Å². The average Bonchev–Trinajstić information content (AvgIpc) is 3.08. The Labute approximate surface area is 139 Å². The van der Waals surface area contributed by atoms with Gasteiger partial charge in [-0.2, -0.15) is 0 Å². The number of amides is 1. The van der Waals surface area contributed by atoms with Gasteiger partial charge in [0.05, 0.1) is 17.6 Å². The van der Waals surface area contributed by atoms with Crippen LogP contribution in [0.3, 0.4) is 0 Å². The maximum atomic E-state index is 12.2. The van der Waals surface area contributed by atoms with Crippen LogP contribution in [-0.4, -0.2) is 36.0 Å². The Morgan fingerprint density at radius 2 is 2.25 bits per heavy atom. The van der Waals surface area contributed by atoms with Crippen LogP contribution in [0.1, 0.15) is 31.7 Å². The van der Waals surface area contributed by atoms with Crippen molar-refractivity contribution in [2.45, 2.75) is 38.6 Å². The zero-order valence-electron chi connectivity index (χ0n) is 13.5. The van der Waals surface area contributed by atoms with E-state index in [1.165, 1.54) is 18.2 Å². The van der Waals surface area contributed by atoms with Crippen molar-refractivity contribution in [1.29, 1.82) is 0 Å². The SMILES string of the molecule is CCOC(=O)CCc1cc([N+](=O)[O-])ccc1NC(=O)[C@@H]1CCCN1. The monoisotopic (exact) mass is 335 g/mol. The van der Waals surface area contributed by atoms with Crippen LogP contribution in [0.5, 0.6) is 0 Å². The summed E-state index contributed by atoms with van der Waals surface area (Å²) in [6.45, 7) is 2.80. The van der Waals surface area contributed by atoms with Gasteiger partial charge in [0.2, 0.25) is 5.91 Å². The van der Waals surface area contributed by atoms with Crippen LogP contribution in [-0.2, 0) is 20.7 Å². The summed E-state index contributed by atoms with van der Waals surface area (Å²) >= 11 is 0. The van der Waals surface area contributed by atoms with Crippen molar-refractivity contribution in [3.63, 3.8) is 0 Å². The van der Waals surface area contributed by atoms with Crippen molar-refractivity contribution in [3.05, 3.63) is 33.9 Å². The van der Waals surface area contributed by atoms with Crippen molar-refractivity contribution < 1.29 is 19.2 Å². The van der Waals surface area contributed by atoms with Gasteiger partial charge in [-0.25, -0.2) is 0 Å². The summed E-state index contributed by atoms with van der Waals surface area (Å²) in [5, 5.41) is 16.8. The fourth-order valence-corrected chi connectivity index (χ4v) is 2.62. The third kappa shape index (κ3) is 4.76. The molecule has 0 aromatic heterocycles. The van der Waals surface area contributed by atoms with Gasteiger partial charge in [0.1, 0.15) is 0 Å². The molecule has 0 radical (unpaired) electrons. The van der Waals surface area contributed by atoms with Gasteiger partial charge in [-0.15, -0.1) is 0 Å². The molecular weight excluding hydrogens is 314 g/mol. The molecule has 1 aromatic rings. The number of nitrogens with one attached hydrogen (secondary N) is 2. The van der Waals surface area contributed by atoms with Crippen molar-refractivity contribution in [2.24, 2.45) is 0 Å². The van der Waals surface area contributed by atoms with E-state index in [1.54, 1.807) is 6.92 Å². The zero-order chi connectivity index (χ0) is 17.5. The van der Waals surface area contributed by atoms with Crippen molar-refractivity contribution >= 4 is 23.3 Å². The molecule has 1 heterocycles. The van der Waals surface area contributed by atoms with Crippen LogP contribution < -0.4 is 10.6 Å². The van der Waals surface area contributed by atoms with Gasteiger partial charge < -0.3 is 15.4 Å². The second kappa shape index (κ2) is 8.39. The molecule has 0 aliphatic carbocycles. The number of carbonyl (C=O) groups is 2. The Bertz CT molecular complexity index is 626. The summed E-state index contributed by atoms with van der Waals surface area (Å²) in [6.07, 6.45) is 2.05. The molecule has 1 aromatic carbocycles. The number of rotatable bonds is 7. The van der Waals surface area contributed by atoms with Gasteiger partial charge in [0.15, 0.2) is 0 Å². The number of nitro groups is 1. The van der Waals surface area contributed by atoms with Crippen LogP contribution in [0.25, 0.3) is 0 Å². The third-order valence-corrected chi connectivity index (χ3v) is 3.84. The van der Waals surface area contributed by atoms with E-state index in [4.69, 9.17) is 4.74 Å². The van der Waals surface area contributed by atoms with Crippen LogP contribution in [0.15, 0.2) is 18.2 Å². The van der Waals surface area contributed by atoms with Crippen LogP contribution in [0, 0.1) is 10.1 Å². The Hall–Kier alpha value is -2.48. The molecule has 0 spiro atoms. The predicted molar refractivity (Wildman–Crippen MR) is 87.7 cm³/mol. The molecule has 2 rings (SSSR count). The highest BCUT2D eigenvalue weighted by atomic mass is 16.6. The number of esters is 1. The van der Waals surface area contributed by atoms with Gasteiger partial charge in [0, 0.05) is 24.2 Å². The maximum absolute atomic E-state index is 12.2. The molecular formula is C16H21N3O5. The topological polar surface area (TPSA) is 111 Å². The molecule has 1 amide bonds. The van der Waals surface area contributed by atoms with Gasteiger partial charge in [-0.05, 0) is 44.4 Å². The van der Waals surface area contributed by atoms with E-state index in [1.807, 2.05) is 0 Å². The lowest BCUT2D eigenvalue weighted by Gasteiger charge is -2.14. The second-order valence-corrected chi connectivity index (χ2v) is 5.54. The minimum absolute atomic E-state index is 0.0779. The van der Waals surface area contributed by atoms with Gasteiger partial charge in [0.25, 0.3) is 5.69 Å². The highest BCUT2D eigenvalue weighted by molar-refractivity contribution is 5.95. The van der Waals surface area contributed by atoms with Crippen molar-refractivity contribution in [2.75, 3.05) is 18.5 Å². The van der Waals surface area contributed by atoms with E-state index in [0.717, 1.165) is 19.4 Å². The van der Waals surface area contributed by atoms with Crippen molar-refractivity contribution in [1.82, 2.24) is 5.32 Å². The molecule has 0 bridgehead atoms. The summed E-state index contributed by atoms with van der Waals surface area (Å²) in [5.41, 5.74) is 0.957. The first kappa shape index (κ1) is 17.9. The summed E-state index contributed by atoms with van der Waals surface area (Å²) in [4.78, 5) is 34.2. The van der Waals surface area contributed by atoms with Crippen molar-refractivity contribution in [3.8, 4) is 0 Å². The lowest BCUT2D eigenvalue weighted by molar-refractivity contribution is -0.384. The summed E-state index contributed by atoms with van der Waals surface area (Å²) < 4.78 is 4.87. The number of ether oxygens (including phenoxy) is 1. The van der Waals surface area contributed by atoms with Gasteiger partial charge >= 0.3 is 5.97 Å². The third-order valence-electron chi connectivity index (χ3n) is 3.84. The number of non-ortho nitro benzene ring substituents is 1. The largest absolute Gasteiger partial charge is 0.466 e. The Balaban J connectivity index is 2.13. The van der Waals surface area contributed by atoms with Gasteiger partial charge in [-0.1, -0.05) is 0 Å². The van der Waals surface area contributed by atoms with E-state index in [0.29, 0.717) is 11.3 Å². The second-order valence-electron chi connectivity index (χ2n) is 5.54. The number of aryl methyl sites for hydroxylation is 1. The summed E-state index contributed by atoms with van der Waals surface area (Å²) in [7, 11) is 0. The van der Waals surface area contributed by atoms with E-state index < -0.39 is 4.92 Å². The Morgan fingerprint density at radius 3 is 2.88 bits per heavy atom. The lowest BCUT2D eigenvalue weighted by atomic mass is 10.1. The Kier molecular flexibility index (Phi) is 6.25. The quantitative estimate of drug-likeness (QED) is 0.446. The van der Waals surface area contributed by atoms with E-state index in [2.05, 4.69) is 10.6 Å². The molecule has 24 heavy (non-hydrogen) atoms. The highest BCUT2D eigenvalue weighted by Gasteiger charge is 2.23. The standard InChI is InChI=1S/C16H21N3O5/c1-2-24-15(20)8-5-11-10-12(19(22)23)6-7-13(11)18-16(21)14-4-3-9-17-14/h6-7,10,14,17H,2-5,8-9H2,1H3,(H,18,21)/t14-/m0/s1. The summed E-state index contributed by atoms with van der Waals surface area (Å²) in [6, 6.07) is 3.98. The first-order valence-corrected chi connectivity index (χ1v) is 7.98. The number of anilines is 1. The molecule has 0 unspecified atom stereocenters. The molecule has 8 heteroatoms. The molecule has 1 atom stereocenters. The fraction of sp³-hybridized carbons (Fsp3) is 0.500. The maximum Gasteiger partial charge on any atom is 0.306 e. The number of carbonyl (C=O) groups excluding carboxylic acids is 2. The zero-order valence-corrected chi connectivity index (χ0v) is 13.5. The molecule has 1 saturated heterocycles. The number of nitrogens with zero attached hydrogens (tertiary/aromatic N) is 1. The number of hydrogen-bond acceptors (Lipinski definition) is 6. The number of hydrogen-bond donors (Lipinski definition) is 2. The fourth-order valence-electron chi connectivity index (χ4n) is 2.62. The number of nitro benzene ring substituents is 1. The molecule has 1 aliphatic heterocycles. The lowest BCUT2D eigenvalue weighted by Crippen LogP contribution is -2.35. The summed E-state index contributed by atoms with van der Waals surface area (Å²) in [5.74, 6) is -0.544. The molecule has 0 saturated carbocycles. The smallest absolute Gasteiger partial charge is 0.306 e. The molecule has 1 aliphatic rings. The first-order chi connectivity index (χ1) is 11.5. The molecule has 1 fully saturated rings. The van der Waals surface area contributed by atoms with Crippen LogP contribution in [0.4, 0.5) is 11.4 Å². The molecule has 130 valence electrons. The minimum Gasteiger partial charge on any atom is -0.466 e. The first-order valence-electron chi connectivity index (χ1n) is 7.98. The minimum atomic E-state index is -0.502. The Morgan fingerprint density at radius 1 is 1.46 bits per heavy atom.